The van der Waals surface area contributed by atoms with E-state index in [1.807, 2.05) is 32.2 Å². The summed E-state index contributed by atoms with van der Waals surface area (Å²) in [6, 6.07) is 2.35. The molecule has 20 heavy (non-hydrogen) atoms. The molecule has 1 rings (SSSR count). The summed E-state index contributed by atoms with van der Waals surface area (Å²) in [6.07, 6.45) is 5.70. The molecule has 6 heteroatoms. The van der Waals surface area contributed by atoms with Crippen LogP contribution in [0, 0.1) is 22.7 Å². The summed E-state index contributed by atoms with van der Waals surface area (Å²) >= 11 is 0. The average molecular weight is 322 g/mol. The second-order valence-corrected chi connectivity index (χ2v) is 5.10. The highest BCUT2D eigenvalue weighted by molar-refractivity contribution is 5.85. The van der Waals surface area contributed by atoms with E-state index in [4.69, 9.17) is 10.5 Å². The summed E-state index contributed by atoms with van der Waals surface area (Å²) in [6.45, 7) is 7.09. The summed E-state index contributed by atoms with van der Waals surface area (Å²) in [5.74, 6) is 0.490. The molecule has 4 nitrogen and oxygen atoms in total. The lowest BCUT2D eigenvalue weighted by atomic mass is 9.62. The Morgan fingerprint density at radius 1 is 1.50 bits per heavy atom. The number of hydrogen-bond donors (Lipinski definition) is 2. The van der Waals surface area contributed by atoms with Crippen molar-refractivity contribution in [3.05, 3.63) is 24.0 Å². The van der Waals surface area contributed by atoms with Crippen LogP contribution in [0.2, 0.25) is 0 Å². The number of likely N-dealkylation sites (N-methyl/N-ethyl adjacent to an activating group) is 1. The van der Waals surface area contributed by atoms with E-state index in [1.165, 1.54) is 0 Å². The van der Waals surface area contributed by atoms with E-state index in [2.05, 4.69) is 25.2 Å². The first kappa shape index (κ1) is 21.6. The maximum Gasteiger partial charge on any atom is 0.118 e. The van der Waals surface area contributed by atoms with Crippen LogP contribution in [0.1, 0.15) is 20.8 Å². The van der Waals surface area contributed by atoms with Crippen LogP contribution in [0.15, 0.2) is 24.0 Å². The fourth-order valence-corrected chi connectivity index (χ4v) is 2.67. The van der Waals surface area contributed by atoms with Crippen molar-refractivity contribution in [1.29, 1.82) is 5.26 Å². The second-order valence-electron chi connectivity index (χ2n) is 5.10. The highest BCUT2D eigenvalue weighted by atomic mass is 35.5. The van der Waals surface area contributed by atoms with E-state index in [9.17, 15) is 5.26 Å². The van der Waals surface area contributed by atoms with Gasteiger partial charge >= 0.3 is 0 Å². The van der Waals surface area contributed by atoms with Crippen LogP contribution < -0.4 is 11.1 Å². The fraction of sp³-hybridized carbons (Fsp3) is 0.643. The van der Waals surface area contributed by atoms with Crippen LogP contribution >= 0.6 is 24.8 Å². The number of nitrogens with two attached hydrogens (primary N) is 1. The molecule has 0 bridgehead atoms. The summed E-state index contributed by atoms with van der Waals surface area (Å²) in [7, 11) is 1.85. The molecule has 0 aromatic rings. The number of nitrogens with one attached hydrogen (secondary N) is 1. The van der Waals surface area contributed by atoms with Crippen molar-refractivity contribution in [3.8, 4) is 6.07 Å². The van der Waals surface area contributed by atoms with Crippen LogP contribution in [0.4, 0.5) is 0 Å². The number of allylic oxidation sites excluding steroid dienone is 2. The molecule has 0 spiro atoms. The van der Waals surface area contributed by atoms with Crippen molar-refractivity contribution in [2.24, 2.45) is 17.1 Å². The number of halogens is 2. The van der Waals surface area contributed by atoms with Crippen molar-refractivity contribution in [2.45, 2.75) is 26.3 Å². The van der Waals surface area contributed by atoms with E-state index < -0.39 is 5.54 Å². The van der Waals surface area contributed by atoms with Crippen LogP contribution in [0.5, 0.6) is 0 Å². The Bertz CT molecular complexity index is 402. The molecule has 0 saturated carbocycles. The SMILES string of the molecule is CCOC1=CC=CC(C#N)C1(NC)C(C)(C)CN.Cl.Cl. The van der Waals surface area contributed by atoms with Gasteiger partial charge in [0.25, 0.3) is 0 Å². The number of nitrogens with zero attached hydrogens (tertiary/aromatic N) is 1. The molecule has 0 aromatic heterocycles. The zero-order valence-corrected chi connectivity index (χ0v) is 14.1. The van der Waals surface area contributed by atoms with Gasteiger partial charge in [0.05, 0.1) is 18.6 Å². The Morgan fingerprint density at radius 3 is 2.50 bits per heavy atom. The quantitative estimate of drug-likeness (QED) is 0.815. The first-order valence-electron chi connectivity index (χ1n) is 6.30. The van der Waals surface area contributed by atoms with Gasteiger partial charge in [-0.1, -0.05) is 26.0 Å². The molecule has 0 amide bonds. The van der Waals surface area contributed by atoms with E-state index in [0.717, 1.165) is 5.76 Å². The Hall–Kier alpha value is -0.730. The molecule has 3 N–H and O–H groups in total. The van der Waals surface area contributed by atoms with Crippen LogP contribution in [0.25, 0.3) is 0 Å². The van der Waals surface area contributed by atoms with E-state index in [-0.39, 0.29) is 36.1 Å². The van der Waals surface area contributed by atoms with Gasteiger partial charge in [-0.15, -0.1) is 24.8 Å². The Kier molecular flexibility index (Phi) is 9.20. The largest absolute Gasteiger partial charge is 0.496 e. The van der Waals surface area contributed by atoms with E-state index >= 15 is 0 Å². The predicted octanol–water partition coefficient (Wildman–Crippen LogP) is 2.40. The lowest BCUT2D eigenvalue weighted by Crippen LogP contribution is -2.63. The van der Waals surface area contributed by atoms with Gasteiger partial charge in [0.2, 0.25) is 0 Å². The highest BCUT2D eigenvalue weighted by Gasteiger charge is 2.53. The molecule has 0 fully saturated rings. The fourth-order valence-electron chi connectivity index (χ4n) is 2.67. The molecule has 0 heterocycles. The normalized spacial score (nSPS) is 24.8. The highest BCUT2D eigenvalue weighted by Crippen LogP contribution is 2.44. The predicted molar refractivity (Wildman–Crippen MR) is 87.1 cm³/mol. The lowest BCUT2D eigenvalue weighted by Gasteiger charge is -2.49. The van der Waals surface area contributed by atoms with Gasteiger partial charge < -0.3 is 15.8 Å². The molecule has 1 aliphatic carbocycles. The molecule has 0 aromatic carbocycles. The minimum atomic E-state index is -0.582. The molecule has 116 valence electrons. The van der Waals surface area contributed by atoms with Crippen molar-refractivity contribution in [3.63, 3.8) is 0 Å². The zero-order valence-electron chi connectivity index (χ0n) is 12.5. The monoisotopic (exact) mass is 321 g/mol. The maximum atomic E-state index is 9.44. The minimum absolute atomic E-state index is 0. The third kappa shape index (κ3) is 3.29. The Balaban J connectivity index is 0. The molecule has 0 saturated heterocycles. The van der Waals surface area contributed by atoms with Crippen molar-refractivity contribution >= 4 is 24.8 Å². The van der Waals surface area contributed by atoms with Gasteiger partial charge in [-0.25, -0.2) is 0 Å². The smallest absolute Gasteiger partial charge is 0.118 e. The standard InChI is InChI=1S/C14H23N3O.2ClH/c1-5-18-12-8-6-7-11(9-15)14(12,17-4)13(2,3)10-16;;/h6-8,11,17H,5,10,16H2,1-4H3;2*1H. The van der Waals surface area contributed by atoms with E-state index in [1.54, 1.807) is 0 Å². The number of nitriles is 1. The van der Waals surface area contributed by atoms with Crippen molar-refractivity contribution in [1.82, 2.24) is 5.32 Å². The van der Waals surface area contributed by atoms with Gasteiger partial charge in [-0.3, -0.25) is 0 Å². The van der Waals surface area contributed by atoms with Crippen molar-refractivity contribution < 1.29 is 4.74 Å². The topological polar surface area (TPSA) is 71.1 Å². The van der Waals surface area contributed by atoms with Gasteiger partial charge in [0.1, 0.15) is 11.3 Å². The van der Waals surface area contributed by atoms with Gasteiger partial charge in [-0.2, -0.15) is 5.26 Å². The summed E-state index contributed by atoms with van der Waals surface area (Å²) in [5.41, 5.74) is 5.04. The van der Waals surface area contributed by atoms with E-state index in [0.29, 0.717) is 13.2 Å². The lowest BCUT2D eigenvalue weighted by molar-refractivity contribution is 0.0610. The van der Waals surface area contributed by atoms with Gasteiger partial charge in [0.15, 0.2) is 0 Å². The number of rotatable bonds is 5. The summed E-state index contributed by atoms with van der Waals surface area (Å²) in [4.78, 5) is 0. The molecule has 0 aliphatic heterocycles. The average Bonchev–Trinajstić information content (AvgIpc) is 2.38. The summed E-state index contributed by atoms with van der Waals surface area (Å²) < 4.78 is 5.75. The first-order chi connectivity index (χ1) is 8.50. The van der Waals surface area contributed by atoms with Gasteiger partial charge in [-0.05, 0) is 26.6 Å². The third-order valence-electron chi connectivity index (χ3n) is 3.82. The Morgan fingerprint density at radius 2 is 2.10 bits per heavy atom. The number of hydrogen-bond acceptors (Lipinski definition) is 4. The van der Waals surface area contributed by atoms with Gasteiger partial charge in [0, 0.05) is 5.41 Å². The Labute approximate surface area is 134 Å². The first-order valence-corrected chi connectivity index (χ1v) is 6.30. The molecule has 2 atom stereocenters. The number of ether oxygens (including phenoxy) is 1. The molecule has 2 unspecified atom stereocenters. The van der Waals surface area contributed by atoms with Crippen LogP contribution in [-0.4, -0.2) is 25.7 Å². The summed E-state index contributed by atoms with van der Waals surface area (Å²) in [5, 5.41) is 12.7. The molecular formula is C14H25Cl2N3O. The zero-order chi connectivity index (χ0) is 13.8. The molecular weight excluding hydrogens is 297 g/mol. The van der Waals surface area contributed by atoms with Crippen LogP contribution in [0.3, 0.4) is 0 Å². The maximum absolute atomic E-state index is 9.44. The second kappa shape index (κ2) is 8.53. The minimum Gasteiger partial charge on any atom is -0.496 e. The van der Waals surface area contributed by atoms with Crippen molar-refractivity contribution in [2.75, 3.05) is 20.2 Å². The third-order valence-corrected chi connectivity index (χ3v) is 3.82. The molecule has 0 radical (unpaired) electrons. The molecule has 1 aliphatic rings. The van der Waals surface area contributed by atoms with Crippen LogP contribution in [-0.2, 0) is 4.74 Å².